The van der Waals surface area contributed by atoms with Gasteiger partial charge in [0, 0.05) is 31.0 Å². The molecule has 0 aromatic heterocycles. The second kappa shape index (κ2) is 7.33. The second-order valence-electron chi connectivity index (χ2n) is 4.71. The first-order valence-corrected chi connectivity index (χ1v) is 8.08. The summed E-state index contributed by atoms with van der Waals surface area (Å²) in [7, 11) is 0. The highest BCUT2D eigenvalue weighted by Gasteiger charge is 2.24. The Kier molecular flexibility index (Phi) is 5.47. The number of carbonyl (C=O) groups excluding carboxylic acids is 2. The topological polar surface area (TPSA) is 49.4 Å². The number of amides is 2. The molecule has 1 fully saturated rings. The Labute approximate surface area is 123 Å². The molecule has 2 rings (SSSR count). The lowest BCUT2D eigenvalue weighted by atomic mass is 10.0. The molecule has 1 aromatic rings. The van der Waals surface area contributed by atoms with Gasteiger partial charge in [0.05, 0.1) is 0 Å². The number of ketones is 1. The van der Waals surface area contributed by atoms with Crippen molar-refractivity contribution in [2.75, 3.05) is 24.6 Å². The van der Waals surface area contributed by atoms with Crippen LogP contribution in [0.5, 0.6) is 0 Å². The van der Waals surface area contributed by atoms with Crippen LogP contribution in [0, 0.1) is 0 Å². The van der Waals surface area contributed by atoms with E-state index in [1.54, 1.807) is 4.90 Å². The number of benzene rings is 1. The minimum Gasteiger partial charge on any atom is -0.324 e. The van der Waals surface area contributed by atoms with E-state index in [1.165, 1.54) is 0 Å². The SMILES string of the molecule is CCC(=O)[C@H](NC(=O)N1CCSCC1)c1ccccc1. The zero-order chi connectivity index (χ0) is 14.4. The normalized spacial score (nSPS) is 16.6. The molecule has 1 aliphatic rings. The monoisotopic (exact) mass is 292 g/mol. The van der Waals surface area contributed by atoms with E-state index in [4.69, 9.17) is 0 Å². The van der Waals surface area contributed by atoms with Crippen LogP contribution < -0.4 is 5.32 Å². The van der Waals surface area contributed by atoms with Crippen LogP contribution in [0.1, 0.15) is 24.9 Å². The van der Waals surface area contributed by atoms with E-state index in [9.17, 15) is 9.59 Å². The van der Waals surface area contributed by atoms with E-state index in [0.717, 1.165) is 30.2 Å². The zero-order valence-electron chi connectivity index (χ0n) is 11.7. The van der Waals surface area contributed by atoms with Crippen molar-refractivity contribution in [1.29, 1.82) is 0 Å². The summed E-state index contributed by atoms with van der Waals surface area (Å²) in [5, 5.41) is 2.88. The molecule has 1 N–H and O–H groups in total. The molecule has 108 valence electrons. The quantitative estimate of drug-likeness (QED) is 0.927. The summed E-state index contributed by atoms with van der Waals surface area (Å²) >= 11 is 1.85. The molecule has 0 spiro atoms. The second-order valence-corrected chi connectivity index (χ2v) is 5.94. The number of carbonyl (C=O) groups is 2. The Morgan fingerprint density at radius 1 is 1.25 bits per heavy atom. The number of nitrogens with one attached hydrogen (secondary N) is 1. The molecular formula is C15H20N2O2S. The largest absolute Gasteiger partial charge is 0.324 e. The average molecular weight is 292 g/mol. The van der Waals surface area contributed by atoms with Gasteiger partial charge in [-0.05, 0) is 5.56 Å². The Balaban J connectivity index is 2.08. The average Bonchev–Trinajstić information content (AvgIpc) is 2.53. The van der Waals surface area contributed by atoms with Gasteiger partial charge in [0.25, 0.3) is 0 Å². The first-order valence-electron chi connectivity index (χ1n) is 6.93. The number of hydrogen-bond donors (Lipinski definition) is 1. The highest BCUT2D eigenvalue weighted by Crippen LogP contribution is 2.17. The standard InChI is InChI=1S/C15H20N2O2S/c1-2-13(18)14(12-6-4-3-5-7-12)16-15(19)17-8-10-20-11-9-17/h3-7,14H,2,8-11H2,1H3,(H,16,19)/t14-/m1/s1. The molecular weight excluding hydrogens is 272 g/mol. The van der Waals surface area contributed by atoms with E-state index in [0.29, 0.717) is 6.42 Å². The summed E-state index contributed by atoms with van der Waals surface area (Å²) in [5.74, 6) is 1.96. The van der Waals surface area contributed by atoms with Crippen LogP contribution >= 0.6 is 11.8 Å². The highest BCUT2D eigenvalue weighted by molar-refractivity contribution is 7.99. The van der Waals surface area contributed by atoms with Crippen molar-refractivity contribution < 1.29 is 9.59 Å². The van der Waals surface area contributed by atoms with Crippen LogP contribution in [0.4, 0.5) is 4.79 Å². The van der Waals surface area contributed by atoms with Gasteiger partial charge in [-0.1, -0.05) is 37.3 Å². The third-order valence-corrected chi connectivity index (χ3v) is 4.31. The van der Waals surface area contributed by atoms with Crippen molar-refractivity contribution in [3.63, 3.8) is 0 Å². The Morgan fingerprint density at radius 2 is 1.90 bits per heavy atom. The van der Waals surface area contributed by atoms with Gasteiger partial charge in [-0.15, -0.1) is 0 Å². The lowest BCUT2D eigenvalue weighted by molar-refractivity contribution is -0.120. The van der Waals surface area contributed by atoms with Gasteiger partial charge in [0.15, 0.2) is 5.78 Å². The maximum absolute atomic E-state index is 12.3. The van der Waals surface area contributed by atoms with Gasteiger partial charge < -0.3 is 10.2 Å². The molecule has 1 saturated heterocycles. The minimum absolute atomic E-state index is 0.0379. The van der Waals surface area contributed by atoms with Crippen molar-refractivity contribution >= 4 is 23.6 Å². The van der Waals surface area contributed by atoms with Crippen LogP contribution in [-0.2, 0) is 4.79 Å². The molecule has 1 aromatic carbocycles. The van der Waals surface area contributed by atoms with Crippen LogP contribution in [-0.4, -0.2) is 41.3 Å². The van der Waals surface area contributed by atoms with Crippen LogP contribution in [0.3, 0.4) is 0 Å². The zero-order valence-corrected chi connectivity index (χ0v) is 12.5. The Morgan fingerprint density at radius 3 is 2.50 bits per heavy atom. The maximum Gasteiger partial charge on any atom is 0.318 e. The molecule has 0 unspecified atom stereocenters. The summed E-state index contributed by atoms with van der Waals surface area (Å²) in [6, 6.07) is 8.75. The molecule has 0 saturated carbocycles. The van der Waals surface area contributed by atoms with Gasteiger partial charge in [-0.3, -0.25) is 4.79 Å². The third-order valence-electron chi connectivity index (χ3n) is 3.37. The van der Waals surface area contributed by atoms with Gasteiger partial charge in [0.1, 0.15) is 6.04 Å². The highest BCUT2D eigenvalue weighted by atomic mass is 32.2. The van der Waals surface area contributed by atoms with Crippen molar-refractivity contribution in [3.05, 3.63) is 35.9 Å². The maximum atomic E-state index is 12.3. The predicted octanol–water partition coefficient (Wildman–Crippen LogP) is 2.47. The number of thioether (sulfide) groups is 1. The van der Waals surface area contributed by atoms with E-state index >= 15 is 0 Å². The molecule has 20 heavy (non-hydrogen) atoms. The van der Waals surface area contributed by atoms with Crippen molar-refractivity contribution in [3.8, 4) is 0 Å². The minimum atomic E-state index is -0.539. The lowest BCUT2D eigenvalue weighted by Crippen LogP contribution is -2.46. The number of hydrogen-bond acceptors (Lipinski definition) is 3. The molecule has 1 heterocycles. The summed E-state index contributed by atoms with van der Waals surface area (Å²) in [6.45, 7) is 3.32. The molecule has 0 aliphatic carbocycles. The van der Waals surface area contributed by atoms with Crippen LogP contribution in [0.15, 0.2) is 30.3 Å². The summed E-state index contributed by atoms with van der Waals surface area (Å²) in [5.41, 5.74) is 0.846. The fraction of sp³-hybridized carbons (Fsp3) is 0.467. The van der Waals surface area contributed by atoms with Crippen molar-refractivity contribution in [1.82, 2.24) is 10.2 Å². The Hall–Kier alpha value is -1.49. The fourth-order valence-electron chi connectivity index (χ4n) is 2.18. The van der Waals surface area contributed by atoms with E-state index in [-0.39, 0.29) is 11.8 Å². The van der Waals surface area contributed by atoms with Crippen LogP contribution in [0.2, 0.25) is 0 Å². The third kappa shape index (κ3) is 3.76. The first kappa shape index (κ1) is 14.9. The van der Waals surface area contributed by atoms with Crippen molar-refractivity contribution in [2.24, 2.45) is 0 Å². The van der Waals surface area contributed by atoms with E-state index in [1.807, 2.05) is 49.0 Å². The number of rotatable bonds is 4. The fourth-order valence-corrected chi connectivity index (χ4v) is 3.08. The molecule has 1 aliphatic heterocycles. The number of urea groups is 1. The smallest absolute Gasteiger partial charge is 0.318 e. The van der Waals surface area contributed by atoms with Crippen molar-refractivity contribution in [2.45, 2.75) is 19.4 Å². The summed E-state index contributed by atoms with van der Waals surface area (Å²) < 4.78 is 0. The summed E-state index contributed by atoms with van der Waals surface area (Å²) in [6.07, 6.45) is 0.412. The molecule has 2 amide bonds. The number of nitrogens with zero attached hydrogens (tertiary/aromatic N) is 1. The molecule has 5 heteroatoms. The van der Waals surface area contributed by atoms with Gasteiger partial charge >= 0.3 is 6.03 Å². The molecule has 0 bridgehead atoms. The molecule has 1 atom stereocenters. The predicted molar refractivity (Wildman–Crippen MR) is 81.9 cm³/mol. The van der Waals surface area contributed by atoms with Gasteiger partial charge in [-0.2, -0.15) is 11.8 Å². The molecule has 4 nitrogen and oxygen atoms in total. The van der Waals surface area contributed by atoms with Gasteiger partial charge in [-0.25, -0.2) is 4.79 Å². The number of Topliss-reactive ketones (excluding diaryl/α,β-unsaturated/α-hetero) is 1. The van der Waals surface area contributed by atoms with Crippen LogP contribution in [0.25, 0.3) is 0 Å². The van der Waals surface area contributed by atoms with E-state index in [2.05, 4.69) is 5.32 Å². The lowest BCUT2D eigenvalue weighted by Gasteiger charge is -2.28. The summed E-state index contributed by atoms with van der Waals surface area (Å²) in [4.78, 5) is 26.1. The Bertz CT molecular complexity index is 458. The first-order chi connectivity index (χ1) is 9.72. The van der Waals surface area contributed by atoms with E-state index < -0.39 is 6.04 Å². The molecule has 0 radical (unpaired) electrons. The van der Waals surface area contributed by atoms with Gasteiger partial charge in [0.2, 0.25) is 0 Å².